The number of rotatable bonds is 8. The summed E-state index contributed by atoms with van der Waals surface area (Å²) in [5.41, 5.74) is 2.44. The van der Waals surface area contributed by atoms with Crippen molar-refractivity contribution in [2.75, 3.05) is 13.2 Å². The molecule has 0 aliphatic carbocycles. The van der Waals surface area contributed by atoms with Crippen LogP contribution in [-0.2, 0) is 6.42 Å². The third kappa shape index (κ3) is 5.87. The minimum absolute atomic E-state index is 0.482. The Balaban J connectivity index is 2.32. The van der Waals surface area contributed by atoms with Crippen molar-refractivity contribution in [3.63, 3.8) is 0 Å². The Kier molecular flexibility index (Phi) is 6.51. The van der Waals surface area contributed by atoms with Crippen LogP contribution in [0.3, 0.4) is 0 Å². The predicted molar refractivity (Wildman–Crippen MR) is 78.2 cm³/mol. The van der Waals surface area contributed by atoms with E-state index in [1.54, 1.807) is 0 Å². The van der Waals surface area contributed by atoms with Crippen molar-refractivity contribution in [2.24, 2.45) is 0 Å². The van der Waals surface area contributed by atoms with Gasteiger partial charge >= 0.3 is 0 Å². The average molecular weight is 247 g/mol. The second-order valence-electron chi connectivity index (χ2n) is 4.97. The Hall–Kier alpha value is -1.28. The molecule has 0 aromatic heterocycles. The molecule has 0 atom stereocenters. The van der Waals surface area contributed by atoms with Crippen LogP contribution in [0.5, 0.6) is 5.75 Å². The Labute approximate surface area is 111 Å². The van der Waals surface area contributed by atoms with Gasteiger partial charge in [0.1, 0.15) is 12.4 Å². The van der Waals surface area contributed by atoms with E-state index in [0.29, 0.717) is 12.6 Å². The molecule has 0 aliphatic rings. The molecule has 1 aromatic rings. The van der Waals surface area contributed by atoms with Crippen molar-refractivity contribution in [2.45, 2.75) is 39.7 Å². The van der Waals surface area contributed by atoms with E-state index in [1.807, 2.05) is 12.1 Å². The molecule has 2 nitrogen and oxygen atoms in total. The van der Waals surface area contributed by atoms with E-state index in [0.717, 1.165) is 24.3 Å². The summed E-state index contributed by atoms with van der Waals surface area (Å²) < 4.78 is 5.69. The third-order valence-electron chi connectivity index (χ3n) is 2.67. The fraction of sp³-hybridized carbons (Fsp3) is 0.500. The molecular formula is C16H25NO. The van der Waals surface area contributed by atoms with Gasteiger partial charge in [0, 0.05) is 12.6 Å². The molecule has 1 aromatic carbocycles. The molecule has 0 amide bonds. The first-order chi connectivity index (χ1) is 8.61. The zero-order valence-corrected chi connectivity index (χ0v) is 11.8. The lowest BCUT2D eigenvalue weighted by Gasteiger charge is -2.12. The summed E-state index contributed by atoms with van der Waals surface area (Å²) in [6, 6.07) is 8.82. The number of nitrogens with one attached hydrogen (secondary N) is 1. The van der Waals surface area contributed by atoms with E-state index in [1.165, 1.54) is 12.0 Å². The molecular weight excluding hydrogens is 222 g/mol. The van der Waals surface area contributed by atoms with Crippen LogP contribution in [0, 0.1) is 0 Å². The maximum atomic E-state index is 5.69. The maximum Gasteiger partial charge on any atom is 0.119 e. The zero-order chi connectivity index (χ0) is 13.4. The number of hydrogen-bond acceptors (Lipinski definition) is 2. The van der Waals surface area contributed by atoms with Crippen LogP contribution in [-0.4, -0.2) is 19.2 Å². The average Bonchev–Trinajstić information content (AvgIpc) is 2.36. The molecule has 1 rings (SSSR count). The lowest BCUT2D eigenvalue weighted by atomic mass is 10.1. The fourth-order valence-corrected chi connectivity index (χ4v) is 1.63. The molecule has 18 heavy (non-hydrogen) atoms. The molecule has 0 bridgehead atoms. The number of hydrogen-bond donors (Lipinski definition) is 1. The van der Waals surface area contributed by atoms with Crippen molar-refractivity contribution in [1.82, 2.24) is 5.32 Å². The first-order valence-electron chi connectivity index (χ1n) is 6.73. The lowest BCUT2D eigenvalue weighted by molar-refractivity contribution is 0.347. The summed E-state index contributed by atoms with van der Waals surface area (Å²) in [5.74, 6) is 0.917. The van der Waals surface area contributed by atoms with E-state index in [2.05, 4.69) is 44.8 Å². The van der Waals surface area contributed by atoms with Crippen LogP contribution in [0.25, 0.3) is 0 Å². The molecule has 100 valence electrons. The molecule has 0 radical (unpaired) electrons. The first kappa shape index (κ1) is 14.8. The molecule has 0 saturated heterocycles. The number of aryl methyl sites for hydroxylation is 1. The van der Waals surface area contributed by atoms with Gasteiger partial charge in [-0.25, -0.2) is 0 Å². The SMILES string of the molecule is C=C(CNC(C)C)COc1ccc(CCC)cc1. The van der Waals surface area contributed by atoms with E-state index < -0.39 is 0 Å². The standard InChI is InChI=1S/C16H25NO/c1-5-6-15-7-9-16(10-8-15)18-12-14(4)11-17-13(2)3/h7-10,13,17H,4-6,11-12H2,1-3H3. The Morgan fingerprint density at radius 3 is 2.50 bits per heavy atom. The zero-order valence-electron chi connectivity index (χ0n) is 11.8. The Morgan fingerprint density at radius 2 is 1.94 bits per heavy atom. The largest absolute Gasteiger partial charge is 0.489 e. The molecule has 0 aliphatic heterocycles. The third-order valence-corrected chi connectivity index (χ3v) is 2.67. The summed E-state index contributed by atoms with van der Waals surface area (Å²) in [6.45, 7) is 11.8. The van der Waals surface area contributed by atoms with E-state index >= 15 is 0 Å². The Bertz CT molecular complexity index is 354. The van der Waals surface area contributed by atoms with Gasteiger partial charge in [-0.2, -0.15) is 0 Å². The van der Waals surface area contributed by atoms with E-state index in [9.17, 15) is 0 Å². The fourth-order valence-electron chi connectivity index (χ4n) is 1.63. The van der Waals surface area contributed by atoms with Gasteiger partial charge in [0.15, 0.2) is 0 Å². The van der Waals surface area contributed by atoms with Gasteiger partial charge in [-0.1, -0.05) is 45.9 Å². The summed E-state index contributed by atoms with van der Waals surface area (Å²) in [6.07, 6.45) is 2.31. The second-order valence-corrected chi connectivity index (χ2v) is 4.97. The minimum Gasteiger partial charge on any atom is -0.489 e. The van der Waals surface area contributed by atoms with Gasteiger partial charge in [-0.05, 0) is 29.7 Å². The van der Waals surface area contributed by atoms with Gasteiger partial charge in [0.2, 0.25) is 0 Å². The van der Waals surface area contributed by atoms with Gasteiger partial charge < -0.3 is 10.1 Å². The van der Waals surface area contributed by atoms with Crippen molar-refractivity contribution in [3.05, 3.63) is 42.0 Å². The van der Waals surface area contributed by atoms with Crippen LogP contribution < -0.4 is 10.1 Å². The second kappa shape index (κ2) is 7.93. The predicted octanol–water partition coefficient (Wildman–Crippen LogP) is 3.57. The van der Waals surface area contributed by atoms with Gasteiger partial charge in [-0.3, -0.25) is 0 Å². The highest BCUT2D eigenvalue weighted by atomic mass is 16.5. The van der Waals surface area contributed by atoms with Gasteiger partial charge in [0.25, 0.3) is 0 Å². The highest BCUT2D eigenvalue weighted by Gasteiger charge is 1.99. The van der Waals surface area contributed by atoms with Crippen LogP contribution in [0.2, 0.25) is 0 Å². The number of ether oxygens (including phenoxy) is 1. The summed E-state index contributed by atoms with van der Waals surface area (Å²) in [7, 11) is 0. The molecule has 0 saturated carbocycles. The van der Waals surface area contributed by atoms with Crippen molar-refractivity contribution in [3.8, 4) is 5.75 Å². The van der Waals surface area contributed by atoms with Crippen molar-refractivity contribution >= 4 is 0 Å². The van der Waals surface area contributed by atoms with Crippen LogP contribution in [0.15, 0.2) is 36.4 Å². The summed E-state index contributed by atoms with van der Waals surface area (Å²) in [5, 5.41) is 3.33. The highest BCUT2D eigenvalue weighted by Crippen LogP contribution is 2.13. The Morgan fingerprint density at radius 1 is 1.28 bits per heavy atom. The van der Waals surface area contributed by atoms with Crippen molar-refractivity contribution in [1.29, 1.82) is 0 Å². The van der Waals surface area contributed by atoms with Gasteiger partial charge in [-0.15, -0.1) is 0 Å². The van der Waals surface area contributed by atoms with Crippen LogP contribution >= 0.6 is 0 Å². The van der Waals surface area contributed by atoms with E-state index in [4.69, 9.17) is 4.74 Å². The summed E-state index contributed by atoms with van der Waals surface area (Å²) in [4.78, 5) is 0. The van der Waals surface area contributed by atoms with Crippen LogP contribution in [0.4, 0.5) is 0 Å². The van der Waals surface area contributed by atoms with Crippen molar-refractivity contribution < 1.29 is 4.74 Å². The maximum absolute atomic E-state index is 5.69. The van der Waals surface area contributed by atoms with Gasteiger partial charge in [0.05, 0.1) is 0 Å². The molecule has 0 spiro atoms. The summed E-state index contributed by atoms with van der Waals surface area (Å²) >= 11 is 0. The minimum atomic E-state index is 0.482. The quantitative estimate of drug-likeness (QED) is 0.709. The smallest absolute Gasteiger partial charge is 0.119 e. The van der Waals surface area contributed by atoms with E-state index in [-0.39, 0.29) is 0 Å². The molecule has 2 heteroatoms. The monoisotopic (exact) mass is 247 g/mol. The normalized spacial score (nSPS) is 10.7. The number of benzene rings is 1. The lowest BCUT2D eigenvalue weighted by Crippen LogP contribution is -2.26. The molecule has 0 heterocycles. The first-order valence-corrected chi connectivity index (χ1v) is 6.73. The molecule has 0 unspecified atom stereocenters. The highest BCUT2D eigenvalue weighted by molar-refractivity contribution is 5.27. The van der Waals surface area contributed by atoms with Crippen LogP contribution in [0.1, 0.15) is 32.8 Å². The topological polar surface area (TPSA) is 21.3 Å². The molecule has 1 N–H and O–H groups in total. The molecule has 0 fully saturated rings.